The number of anilines is 1. The zero-order valence-corrected chi connectivity index (χ0v) is 15.2. The smallest absolute Gasteiger partial charge is 0.414 e. The van der Waals surface area contributed by atoms with E-state index in [2.05, 4.69) is 10.6 Å². The molecule has 3 rings (SSSR count). The first-order chi connectivity index (χ1) is 12.9. The Morgan fingerprint density at radius 2 is 2.22 bits per heavy atom. The van der Waals surface area contributed by atoms with Crippen molar-refractivity contribution >= 4 is 17.7 Å². The Bertz CT molecular complexity index is 708. The zero-order valence-electron chi connectivity index (χ0n) is 15.2. The molecule has 2 saturated heterocycles. The molecule has 0 spiro atoms. The van der Waals surface area contributed by atoms with E-state index in [4.69, 9.17) is 9.47 Å². The number of aliphatic hydroxyl groups is 1. The number of hydrogen-bond donors (Lipinski definition) is 3. The number of piperidine rings is 1. The summed E-state index contributed by atoms with van der Waals surface area (Å²) in [5.74, 6) is -0.816. The highest BCUT2D eigenvalue weighted by atomic mass is 19.1. The number of carbonyl (C=O) groups is 2. The summed E-state index contributed by atoms with van der Waals surface area (Å²) in [7, 11) is 0. The molecule has 148 valence electrons. The zero-order chi connectivity index (χ0) is 19.4. The number of rotatable bonds is 6. The van der Waals surface area contributed by atoms with Crippen LogP contribution < -0.4 is 20.3 Å². The SMILES string of the molecule is CC(=O)NCC1CN(c2ccc(OCC3(O)CCNCC3)c(F)c2)C(=O)O1. The Kier molecular flexibility index (Phi) is 5.81. The fourth-order valence-electron chi connectivity index (χ4n) is 3.12. The van der Waals surface area contributed by atoms with E-state index in [-0.39, 0.29) is 31.4 Å². The van der Waals surface area contributed by atoms with E-state index in [0.29, 0.717) is 31.6 Å². The fourth-order valence-corrected chi connectivity index (χ4v) is 3.12. The van der Waals surface area contributed by atoms with Crippen LogP contribution in [0.5, 0.6) is 5.75 Å². The molecule has 8 nitrogen and oxygen atoms in total. The predicted molar refractivity (Wildman–Crippen MR) is 95.2 cm³/mol. The van der Waals surface area contributed by atoms with Crippen molar-refractivity contribution in [3.8, 4) is 5.75 Å². The normalized spacial score (nSPS) is 21.7. The fraction of sp³-hybridized carbons (Fsp3) is 0.556. The van der Waals surface area contributed by atoms with Crippen LogP contribution in [0.3, 0.4) is 0 Å². The van der Waals surface area contributed by atoms with Gasteiger partial charge in [0.15, 0.2) is 11.6 Å². The van der Waals surface area contributed by atoms with Crippen LogP contribution >= 0.6 is 0 Å². The molecule has 3 N–H and O–H groups in total. The monoisotopic (exact) mass is 381 g/mol. The second-order valence-electron chi connectivity index (χ2n) is 6.93. The summed E-state index contributed by atoms with van der Waals surface area (Å²) in [6, 6.07) is 4.19. The minimum Gasteiger partial charge on any atom is -0.488 e. The van der Waals surface area contributed by atoms with E-state index in [1.165, 1.54) is 24.0 Å². The van der Waals surface area contributed by atoms with Gasteiger partial charge in [0.2, 0.25) is 5.91 Å². The van der Waals surface area contributed by atoms with Gasteiger partial charge in [0, 0.05) is 13.0 Å². The van der Waals surface area contributed by atoms with Crippen LogP contribution in [0.4, 0.5) is 14.9 Å². The number of ether oxygens (including phenoxy) is 2. The Morgan fingerprint density at radius 3 is 2.89 bits per heavy atom. The maximum absolute atomic E-state index is 14.4. The number of cyclic esters (lactones) is 1. The summed E-state index contributed by atoms with van der Waals surface area (Å²) in [5, 5.41) is 16.2. The number of nitrogens with zero attached hydrogens (tertiary/aromatic N) is 1. The maximum atomic E-state index is 14.4. The van der Waals surface area contributed by atoms with Crippen molar-refractivity contribution < 1.29 is 28.6 Å². The molecule has 1 atom stereocenters. The second kappa shape index (κ2) is 8.10. The molecule has 0 saturated carbocycles. The Labute approximate surface area is 156 Å². The van der Waals surface area contributed by atoms with Crippen molar-refractivity contribution in [2.45, 2.75) is 31.5 Å². The average Bonchev–Trinajstić information content (AvgIpc) is 3.00. The molecule has 1 aromatic carbocycles. The van der Waals surface area contributed by atoms with E-state index in [1.54, 1.807) is 6.07 Å². The molecule has 1 aromatic rings. The van der Waals surface area contributed by atoms with E-state index < -0.39 is 23.6 Å². The second-order valence-corrected chi connectivity index (χ2v) is 6.93. The predicted octanol–water partition coefficient (Wildman–Crippen LogP) is 0.780. The Morgan fingerprint density at radius 1 is 1.48 bits per heavy atom. The topological polar surface area (TPSA) is 100 Å². The molecule has 1 unspecified atom stereocenters. The summed E-state index contributed by atoms with van der Waals surface area (Å²) >= 11 is 0. The summed E-state index contributed by atoms with van der Waals surface area (Å²) in [5.41, 5.74) is -0.623. The van der Waals surface area contributed by atoms with Gasteiger partial charge in [0.05, 0.1) is 18.8 Å². The van der Waals surface area contributed by atoms with Gasteiger partial charge in [-0.15, -0.1) is 0 Å². The van der Waals surface area contributed by atoms with Crippen LogP contribution in [0.25, 0.3) is 0 Å². The van der Waals surface area contributed by atoms with E-state index in [1.807, 2.05) is 0 Å². The minimum absolute atomic E-state index is 0.00942. The van der Waals surface area contributed by atoms with Gasteiger partial charge < -0.3 is 25.2 Å². The number of amides is 2. The summed E-state index contributed by atoms with van der Waals surface area (Å²) in [6.07, 6.45) is 0.00119. The quantitative estimate of drug-likeness (QED) is 0.673. The first-order valence-electron chi connectivity index (χ1n) is 8.94. The van der Waals surface area contributed by atoms with Crippen molar-refractivity contribution in [3.63, 3.8) is 0 Å². The highest BCUT2D eigenvalue weighted by molar-refractivity contribution is 5.89. The van der Waals surface area contributed by atoms with Crippen LogP contribution in [-0.4, -0.2) is 61.6 Å². The molecular formula is C18H24FN3O5. The summed E-state index contributed by atoms with van der Waals surface area (Å²) < 4.78 is 25.0. The molecule has 27 heavy (non-hydrogen) atoms. The number of halogens is 1. The lowest BCUT2D eigenvalue weighted by atomic mass is 9.93. The lowest BCUT2D eigenvalue weighted by Gasteiger charge is -2.32. The lowest BCUT2D eigenvalue weighted by Crippen LogP contribution is -2.46. The van der Waals surface area contributed by atoms with E-state index >= 15 is 0 Å². The maximum Gasteiger partial charge on any atom is 0.414 e. The van der Waals surface area contributed by atoms with Gasteiger partial charge >= 0.3 is 6.09 Å². The van der Waals surface area contributed by atoms with Crippen molar-refractivity contribution in [3.05, 3.63) is 24.0 Å². The molecule has 9 heteroatoms. The van der Waals surface area contributed by atoms with Crippen LogP contribution in [0, 0.1) is 5.82 Å². The van der Waals surface area contributed by atoms with Crippen molar-refractivity contribution in [2.75, 3.05) is 37.7 Å². The highest BCUT2D eigenvalue weighted by Crippen LogP contribution is 2.28. The molecule has 0 bridgehead atoms. The summed E-state index contributed by atoms with van der Waals surface area (Å²) in [4.78, 5) is 24.3. The molecule has 2 heterocycles. The average molecular weight is 381 g/mol. The third-order valence-corrected chi connectivity index (χ3v) is 4.71. The number of nitrogens with one attached hydrogen (secondary N) is 2. The number of carbonyl (C=O) groups excluding carboxylic acids is 2. The first-order valence-corrected chi connectivity index (χ1v) is 8.94. The Balaban J connectivity index is 1.61. The van der Waals surface area contributed by atoms with E-state index in [9.17, 15) is 19.1 Å². The number of benzene rings is 1. The Hall–Kier alpha value is -2.39. The van der Waals surface area contributed by atoms with Crippen LogP contribution in [0.1, 0.15) is 19.8 Å². The van der Waals surface area contributed by atoms with Crippen molar-refractivity contribution in [1.82, 2.24) is 10.6 Å². The van der Waals surface area contributed by atoms with Crippen molar-refractivity contribution in [2.24, 2.45) is 0 Å². The van der Waals surface area contributed by atoms with Gasteiger partial charge in [0.25, 0.3) is 0 Å². The van der Waals surface area contributed by atoms with Gasteiger partial charge in [-0.05, 0) is 38.1 Å². The molecule has 0 radical (unpaired) electrons. The molecule has 2 fully saturated rings. The van der Waals surface area contributed by atoms with Gasteiger partial charge in [-0.3, -0.25) is 9.69 Å². The standard InChI is InChI=1S/C18H24FN3O5/c1-12(23)21-9-14-10-22(17(24)27-14)13-2-3-16(15(19)8-13)26-11-18(25)4-6-20-7-5-18/h2-3,8,14,20,25H,4-7,9-11H2,1H3,(H,21,23). The first kappa shape index (κ1) is 19.4. The van der Waals surface area contributed by atoms with Crippen LogP contribution in [0.15, 0.2) is 18.2 Å². The molecular weight excluding hydrogens is 357 g/mol. The summed E-state index contributed by atoms with van der Waals surface area (Å²) in [6.45, 7) is 3.19. The van der Waals surface area contributed by atoms with E-state index in [0.717, 1.165) is 0 Å². The minimum atomic E-state index is -0.966. The van der Waals surface area contributed by atoms with Gasteiger partial charge in [-0.2, -0.15) is 0 Å². The third kappa shape index (κ3) is 4.86. The van der Waals surface area contributed by atoms with Gasteiger partial charge in [0.1, 0.15) is 18.3 Å². The molecule has 0 aromatic heterocycles. The van der Waals surface area contributed by atoms with Gasteiger partial charge in [-0.25, -0.2) is 9.18 Å². The van der Waals surface area contributed by atoms with Crippen molar-refractivity contribution in [1.29, 1.82) is 0 Å². The molecule has 2 amide bonds. The number of hydrogen-bond acceptors (Lipinski definition) is 6. The molecule has 0 aliphatic carbocycles. The van der Waals surface area contributed by atoms with Gasteiger partial charge in [-0.1, -0.05) is 0 Å². The lowest BCUT2D eigenvalue weighted by molar-refractivity contribution is -0.119. The molecule has 2 aliphatic rings. The highest BCUT2D eigenvalue weighted by Gasteiger charge is 2.33. The third-order valence-electron chi connectivity index (χ3n) is 4.71. The van der Waals surface area contributed by atoms with Crippen LogP contribution in [-0.2, 0) is 9.53 Å². The largest absolute Gasteiger partial charge is 0.488 e. The van der Waals surface area contributed by atoms with Crippen LogP contribution in [0.2, 0.25) is 0 Å². The molecule has 2 aliphatic heterocycles.